The van der Waals surface area contributed by atoms with Crippen LogP contribution in [0.4, 0.5) is 5.69 Å². The number of amides is 3. The number of likely N-dealkylation sites (tertiary alicyclic amines) is 1. The van der Waals surface area contributed by atoms with Crippen LogP contribution < -0.4 is 5.32 Å². The number of ether oxygens (including phenoxy) is 1. The van der Waals surface area contributed by atoms with Crippen molar-refractivity contribution < 1.29 is 23.9 Å². The third-order valence-electron chi connectivity index (χ3n) is 6.25. The van der Waals surface area contributed by atoms with E-state index in [1.165, 1.54) is 0 Å². The van der Waals surface area contributed by atoms with Gasteiger partial charge in [-0.2, -0.15) is 0 Å². The summed E-state index contributed by atoms with van der Waals surface area (Å²) in [6, 6.07) is 13.7. The van der Waals surface area contributed by atoms with E-state index < -0.39 is 36.4 Å². The van der Waals surface area contributed by atoms with Crippen LogP contribution in [0.3, 0.4) is 0 Å². The second kappa shape index (κ2) is 10.0. The summed E-state index contributed by atoms with van der Waals surface area (Å²) in [6.07, 6.45) is 4.90. The molecule has 0 saturated carbocycles. The largest absolute Gasteiger partial charge is 0.454 e. The maximum Gasteiger partial charge on any atom is 0.330 e. The van der Waals surface area contributed by atoms with Crippen LogP contribution in [0.25, 0.3) is 0 Å². The third kappa shape index (κ3) is 5.09. The second-order valence-electron chi connectivity index (χ2n) is 8.94. The van der Waals surface area contributed by atoms with E-state index in [-0.39, 0.29) is 18.2 Å². The van der Waals surface area contributed by atoms with Crippen molar-refractivity contribution in [3.8, 4) is 0 Å². The summed E-state index contributed by atoms with van der Waals surface area (Å²) in [5.41, 5.74) is 3.40. The molecule has 0 bridgehead atoms. The molecule has 1 heterocycles. The van der Waals surface area contributed by atoms with Crippen LogP contribution in [-0.2, 0) is 30.3 Å². The molecule has 4 rings (SSSR count). The first-order chi connectivity index (χ1) is 16.3. The van der Waals surface area contributed by atoms with Gasteiger partial charge in [-0.15, -0.1) is 0 Å². The van der Waals surface area contributed by atoms with Crippen LogP contribution in [0, 0.1) is 25.7 Å². The molecule has 1 N–H and O–H groups in total. The van der Waals surface area contributed by atoms with Gasteiger partial charge in [-0.05, 0) is 55.5 Å². The first-order valence-electron chi connectivity index (χ1n) is 11.4. The van der Waals surface area contributed by atoms with Crippen LogP contribution in [0.15, 0.2) is 60.7 Å². The van der Waals surface area contributed by atoms with Gasteiger partial charge in [-0.1, -0.05) is 48.6 Å². The van der Waals surface area contributed by atoms with Crippen molar-refractivity contribution >= 4 is 29.4 Å². The summed E-state index contributed by atoms with van der Waals surface area (Å²) in [4.78, 5) is 52.9. The van der Waals surface area contributed by atoms with Gasteiger partial charge in [0.05, 0.1) is 11.8 Å². The lowest BCUT2D eigenvalue weighted by molar-refractivity contribution is -0.159. The molecule has 1 aliphatic heterocycles. The van der Waals surface area contributed by atoms with E-state index in [4.69, 9.17) is 4.74 Å². The van der Waals surface area contributed by atoms with E-state index in [0.717, 1.165) is 21.6 Å². The van der Waals surface area contributed by atoms with Gasteiger partial charge in [0.2, 0.25) is 11.8 Å². The Balaban J connectivity index is 1.48. The van der Waals surface area contributed by atoms with E-state index in [0.29, 0.717) is 18.5 Å². The molecular weight excluding hydrogens is 432 g/mol. The molecule has 0 unspecified atom stereocenters. The van der Waals surface area contributed by atoms with Gasteiger partial charge in [0.25, 0.3) is 5.91 Å². The molecule has 34 heavy (non-hydrogen) atoms. The van der Waals surface area contributed by atoms with Gasteiger partial charge >= 0.3 is 5.97 Å². The highest BCUT2D eigenvalue weighted by Gasteiger charge is 2.51. The Bertz CT molecular complexity index is 1090. The molecular formula is C27H28N2O5. The summed E-state index contributed by atoms with van der Waals surface area (Å²) < 4.78 is 5.32. The fraction of sp³-hybridized carbons (Fsp3) is 0.333. The van der Waals surface area contributed by atoms with E-state index in [1.807, 2.05) is 74.5 Å². The number of imide groups is 1. The van der Waals surface area contributed by atoms with Gasteiger partial charge in [-0.25, -0.2) is 4.79 Å². The van der Waals surface area contributed by atoms with E-state index in [1.54, 1.807) is 0 Å². The number of anilines is 1. The van der Waals surface area contributed by atoms with Crippen molar-refractivity contribution in [3.05, 3.63) is 77.4 Å². The van der Waals surface area contributed by atoms with Crippen LogP contribution in [0.1, 0.15) is 29.5 Å². The maximum absolute atomic E-state index is 13.1. The summed E-state index contributed by atoms with van der Waals surface area (Å²) in [6.45, 7) is 3.34. The van der Waals surface area contributed by atoms with E-state index >= 15 is 0 Å². The minimum Gasteiger partial charge on any atom is -0.454 e. The van der Waals surface area contributed by atoms with E-state index in [9.17, 15) is 19.2 Å². The molecule has 0 spiro atoms. The monoisotopic (exact) mass is 460 g/mol. The number of benzene rings is 2. The average Bonchev–Trinajstić information content (AvgIpc) is 3.06. The standard InChI is InChI=1S/C27H28N2O5/c1-17-12-18(2)14-20(13-17)28-24(30)16-34-27(33)23(15-19-8-4-3-5-9-19)29-25(31)21-10-6-7-11-22(21)26(29)32/h3-9,12-14,21-23H,10-11,15-16H2,1-2H3,(H,28,30)/t21-,22-,23-/m0/s1. The molecule has 1 aliphatic carbocycles. The van der Waals surface area contributed by atoms with Gasteiger partial charge in [0.1, 0.15) is 6.04 Å². The third-order valence-corrected chi connectivity index (χ3v) is 6.25. The summed E-state index contributed by atoms with van der Waals surface area (Å²) in [5.74, 6) is -2.86. The average molecular weight is 461 g/mol. The Morgan fingerprint density at radius 2 is 1.56 bits per heavy atom. The van der Waals surface area contributed by atoms with Crippen molar-refractivity contribution in [2.45, 2.75) is 39.2 Å². The molecule has 1 saturated heterocycles. The lowest BCUT2D eigenvalue weighted by Gasteiger charge is -2.25. The number of carbonyl (C=O) groups excluding carboxylic acids is 4. The number of aryl methyl sites for hydroxylation is 2. The number of allylic oxidation sites excluding steroid dienone is 2. The van der Waals surface area contributed by atoms with E-state index in [2.05, 4.69) is 5.32 Å². The van der Waals surface area contributed by atoms with Gasteiger partial charge in [0, 0.05) is 12.1 Å². The fourth-order valence-electron chi connectivity index (χ4n) is 4.73. The number of nitrogens with zero attached hydrogens (tertiary/aromatic N) is 1. The number of fused-ring (bicyclic) bond motifs is 1. The lowest BCUT2D eigenvalue weighted by atomic mass is 9.85. The topological polar surface area (TPSA) is 92.8 Å². The Hall–Kier alpha value is -3.74. The Kier molecular flexibility index (Phi) is 6.91. The van der Waals surface area contributed by atoms with Crippen LogP contribution in [-0.4, -0.2) is 41.2 Å². The minimum atomic E-state index is -1.12. The Labute approximate surface area is 198 Å². The zero-order chi connectivity index (χ0) is 24.2. The molecule has 2 aliphatic rings. The molecule has 7 nitrogen and oxygen atoms in total. The normalized spacial score (nSPS) is 20.1. The van der Waals surface area contributed by atoms with Crippen LogP contribution >= 0.6 is 0 Å². The predicted molar refractivity (Wildman–Crippen MR) is 127 cm³/mol. The highest BCUT2D eigenvalue weighted by molar-refractivity contribution is 6.08. The summed E-state index contributed by atoms with van der Waals surface area (Å²) >= 11 is 0. The number of carbonyl (C=O) groups is 4. The van der Waals surface area contributed by atoms with Crippen molar-refractivity contribution in [1.82, 2.24) is 4.90 Å². The smallest absolute Gasteiger partial charge is 0.330 e. The fourth-order valence-corrected chi connectivity index (χ4v) is 4.73. The number of rotatable bonds is 7. The van der Waals surface area contributed by atoms with Crippen molar-refractivity contribution in [2.24, 2.45) is 11.8 Å². The zero-order valence-corrected chi connectivity index (χ0v) is 19.3. The lowest BCUT2D eigenvalue weighted by Crippen LogP contribution is -2.48. The molecule has 0 radical (unpaired) electrons. The van der Waals surface area contributed by atoms with Gasteiger partial charge in [-0.3, -0.25) is 19.3 Å². The van der Waals surface area contributed by atoms with Crippen LogP contribution in [0.2, 0.25) is 0 Å². The molecule has 0 aromatic heterocycles. The first-order valence-corrected chi connectivity index (χ1v) is 11.4. The van der Waals surface area contributed by atoms with Crippen molar-refractivity contribution in [2.75, 3.05) is 11.9 Å². The highest BCUT2D eigenvalue weighted by Crippen LogP contribution is 2.36. The Morgan fingerprint density at radius 1 is 0.971 bits per heavy atom. The first kappa shape index (κ1) is 23.4. The van der Waals surface area contributed by atoms with Gasteiger partial charge < -0.3 is 10.1 Å². The van der Waals surface area contributed by atoms with Crippen molar-refractivity contribution in [3.63, 3.8) is 0 Å². The highest BCUT2D eigenvalue weighted by atomic mass is 16.5. The predicted octanol–water partition coefficient (Wildman–Crippen LogP) is 3.35. The molecule has 2 aromatic carbocycles. The summed E-state index contributed by atoms with van der Waals surface area (Å²) in [5, 5.41) is 2.72. The zero-order valence-electron chi connectivity index (χ0n) is 19.3. The maximum atomic E-state index is 13.1. The van der Waals surface area contributed by atoms with Crippen molar-refractivity contribution in [1.29, 1.82) is 0 Å². The number of hydrogen-bond donors (Lipinski definition) is 1. The molecule has 7 heteroatoms. The Morgan fingerprint density at radius 3 is 2.15 bits per heavy atom. The van der Waals surface area contributed by atoms with Gasteiger partial charge in [0.15, 0.2) is 6.61 Å². The minimum absolute atomic E-state index is 0.128. The second-order valence-corrected chi connectivity index (χ2v) is 8.94. The number of esters is 1. The quantitative estimate of drug-likeness (QED) is 0.389. The molecule has 2 aromatic rings. The summed E-state index contributed by atoms with van der Waals surface area (Å²) in [7, 11) is 0. The molecule has 3 atom stereocenters. The molecule has 176 valence electrons. The molecule has 1 fully saturated rings. The number of hydrogen-bond acceptors (Lipinski definition) is 5. The van der Waals surface area contributed by atoms with Crippen LogP contribution in [0.5, 0.6) is 0 Å². The number of nitrogens with one attached hydrogen (secondary N) is 1. The molecule has 3 amide bonds. The SMILES string of the molecule is Cc1cc(C)cc(NC(=O)COC(=O)[C@H](Cc2ccccc2)N2C(=O)[C@H]3CC=CC[C@@H]3C2=O)c1.